The van der Waals surface area contributed by atoms with Crippen molar-refractivity contribution in [2.45, 2.75) is 108 Å². The highest BCUT2D eigenvalue weighted by Crippen LogP contribution is 2.19. The second kappa shape index (κ2) is 23.9. The molecule has 6 atom stereocenters. The summed E-state index contributed by atoms with van der Waals surface area (Å²) in [6, 6.07) is -1.14. The Morgan fingerprint density at radius 3 is 1.88 bits per heavy atom. The number of para-hydroxylation sites is 1. The highest BCUT2D eigenvalue weighted by Gasteiger charge is 2.34. The minimum Gasteiger partial charge on any atom is -0.481 e. The van der Waals surface area contributed by atoms with Crippen LogP contribution in [0.3, 0.4) is 0 Å². The molecule has 0 radical (unpaired) electrons. The molecule has 0 unspecified atom stereocenters. The summed E-state index contributed by atoms with van der Waals surface area (Å²) in [4.78, 5) is 117. The Morgan fingerprint density at radius 2 is 1.26 bits per heavy atom. The molecule has 58 heavy (non-hydrogen) atoms. The minimum atomic E-state index is -1.75. The molecule has 2 rings (SSSR count). The lowest BCUT2D eigenvalue weighted by atomic mass is 10.0. The average Bonchev–Trinajstić information content (AvgIpc) is 3.56. The van der Waals surface area contributed by atoms with E-state index in [1.54, 1.807) is 44.3 Å². The fourth-order valence-corrected chi connectivity index (χ4v) is 5.78. The van der Waals surface area contributed by atoms with Crippen molar-refractivity contribution in [1.82, 2.24) is 36.9 Å². The predicted octanol–water partition coefficient (Wildman–Crippen LogP) is -1.80. The summed E-state index contributed by atoms with van der Waals surface area (Å²) in [5.41, 5.74) is 12.8. The third-order valence-electron chi connectivity index (χ3n) is 8.84. The van der Waals surface area contributed by atoms with E-state index < -0.39 is 109 Å². The molecule has 21 nitrogen and oxygen atoms in total. The van der Waals surface area contributed by atoms with Crippen molar-refractivity contribution in [2.24, 2.45) is 17.4 Å². The number of benzene rings is 1. The maximum atomic E-state index is 14.0. The number of hydrogen-bond donors (Lipinski definition) is 12. The number of aromatic nitrogens is 1. The molecule has 14 N–H and O–H groups in total. The van der Waals surface area contributed by atoms with Crippen LogP contribution in [-0.4, -0.2) is 123 Å². The minimum absolute atomic E-state index is 0.0296. The molecule has 320 valence electrons. The Balaban J connectivity index is 2.37. The SMILES string of the molecule is CC(C)C[C@H](NC(=O)[C@@H](N)CCC(=O)O)C(=O)N[C@@H](CC(=O)O)C(=O)N[C@@H](CCCCN)C(=O)N[C@@H](Cc1c[nH]c2ccccc12)C(=O)N[C@@H](C)C(=O)NCC(=O)O. The number of nitrogens with one attached hydrogen (secondary N) is 7. The number of amides is 6. The van der Waals surface area contributed by atoms with Crippen LogP contribution in [0.2, 0.25) is 0 Å². The molecule has 2 aromatic rings. The summed E-state index contributed by atoms with van der Waals surface area (Å²) in [5, 5.41) is 42.7. The van der Waals surface area contributed by atoms with E-state index in [-0.39, 0.29) is 38.1 Å². The van der Waals surface area contributed by atoms with Crippen molar-refractivity contribution < 1.29 is 58.5 Å². The zero-order chi connectivity index (χ0) is 43.5. The van der Waals surface area contributed by atoms with Gasteiger partial charge >= 0.3 is 17.9 Å². The van der Waals surface area contributed by atoms with Crippen LogP contribution in [0.25, 0.3) is 10.9 Å². The molecule has 0 bridgehead atoms. The van der Waals surface area contributed by atoms with E-state index in [4.69, 9.17) is 21.7 Å². The zero-order valence-corrected chi connectivity index (χ0v) is 32.7. The van der Waals surface area contributed by atoms with E-state index in [0.29, 0.717) is 18.4 Å². The summed E-state index contributed by atoms with van der Waals surface area (Å²) in [6.07, 6.45) is 0.705. The number of H-pyrrole nitrogens is 1. The van der Waals surface area contributed by atoms with E-state index in [1.165, 1.54) is 6.92 Å². The average molecular weight is 818 g/mol. The van der Waals surface area contributed by atoms with E-state index in [2.05, 4.69) is 36.9 Å². The first-order valence-electron chi connectivity index (χ1n) is 18.8. The van der Waals surface area contributed by atoms with Crippen molar-refractivity contribution >= 4 is 64.3 Å². The Bertz CT molecular complexity index is 1780. The van der Waals surface area contributed by atoms with Gasteiger partial charge in [0.25, 0.3) is 0 Å². The highest BCUT2D eigenvalue weighted by molar-refractivity contribution is 5.98. The number of nitrogens with two attached hydrogens (primary N) is 2. The van der Waals surface area contributed by atoms with Gasteiger partial charge in [0, 0.05) is 29.9 Å². The summed E-state index contributed by atoms with van der Waals surface area (Å²) in [6.45, 7) is 4.33. The zero-order valence-electron chi connectivity index (χ0n) is 32.7. The molecule has 6 amide bonds. The van der Waals surface area contributed by atoms with E-state index >= 15 is 0 Å². The van der Waals surface area contributed by atoms with Gasteiger partial charge in [-0.2, -0.15) is 0 Å². The van der Waals surface area contributed by atoms with E-state index in [1.807, 2.05) is 0 Å². The first-order chi connectivity index (χ1) is 27.3. The van der Waals surface area contributed by atoms with Crippen LogP contribution in [0.4, 0.5) is 0 Å². The highest BCUT2D eigenvalue weighted by atomic mass is 16.4. The molecule has 0 fully saturated rings. The second-order valence-corrected chi connectivity index (χ2v) is 14.2. The lowest BCUT2D eigenvalue weighted by Gasteiger charge is -2.27. The number of aliphatic carboxylic acids is 3. The van der Waals surface area contributed by atoms with Crippen molar-refractivity contribution in [3.8, 4) is 0 Å². The lowest BCUT2D eigenvalue weighted by molar-refractivity contribution is -0.142. The number of hydrogen-bond acceptors (Lipinski definition) is 11. The molecule has 0 spiro atoms. The molecule has 0 aliphatic rings. The number of carbonyl (C=O) groups is 9. The van der Waals surface area contributed by atoms with Gasteiger partial charge in [0.1, 0.15) is 36.8 Å². The molecular weight excluding hydrogens is 762 g/mol. The largest absolute Gasteiger partial charge is 0.481 e. The summed E-state index contributed by atoms with van der Waals surface area (Å²) >= 11 is 0. The fourth-order valence-electron chi connectivity index (χ4n) is 5.78. The monoisotopic (exact) mass is 817 g/mol. The maximum Gasteiger partial charge on any atom is 0.322 e. The molecule has 0 saturated carbocycles. The van der Waals surface area contributed by atoms with Gasteiger partial charge < -0.3 is 63.7 Å². The number of carboxylic acids is 3. The van der Waals surface area contributed by atoms with Gasteiger partial charge in [0.15, 0.2) is 0 Å². The number of unbranched alkanes of at least 4 members (excludes halogenated alkanes) is 1. The molecule has 1 aromatic carbocycles. The van der Waals surface area contributed by atoms with Gasteiger partial charge in [0.2, 0.25) is 35.4 Å². The van der Waals surface area contributed by atoms with Crippen LogP contribution in [0.5, 0.6) is 0 Å². The Kier molecular flexibility index (Phi) is 19.8. The third-order valence-corrected chi connectivity index (χ3v) is 8.84. The summed E-state index contributed by atoms with van der Waals surface area (Å²) in [5.74, 6) is -9.49. The number of carbonyl (C=O) groups excluding carboxylic acids is 6. The Hall–Kier alpha value is -6.09. The first kappa shape index (κ1) is 48.1. The standard InChI is InChI=1S/C37H55N9O12/c1-19(2)14-26(44-33(54)23(39)11-12-29(47)48)36(57)46-28(16-30(49)50)37(58)43-25(10-6-7-13-38)34(55)45-27(15-21-17-40-24-9-5-4-8-22(21)24)35(56)42-20(3)32(53)41-18-31(51)52/h4-5,8-9,17,19-20,23,25-28,40H,6-7,10-16,18,38-39H2,1-3H3,(H,41,53)(H,42,56)(H,43,58)(H,44,54)(H,45,55)(H,46,57)(H,47,48)(H,49,50)(H,51,52)/t20-,23-,25-,26-,27-,28-/m0/s1. The van der Waals surface area contributed by atoms with Gasteiger partial charge in [-0.05, 0) is 63.1 Å². The number of rotatable bonds is 26. The van der Waals surface area contributed by atoms with E-state index in [9.17, 15) is 48.3 Å². The van der Waals surface area contributed by atoms with Gasteiger partial charge in [-0.3, -0.25) is 43.2 Å². The molecule has 0 saturated heterocycles. The van der Waals surface area contributed by atoms with Crippen LogP contribution < -0.4 is 43.4 Å². The van der Waals surface area contributed by atoms with Crippen LogP contribution in [0.1, 0.15) is 71.3 Å². The van der Waals surface area contributed by atoms with Gasteiger partial charge in [-0.1, -0.05) is 32.0 Å². The molecular formula is C37H55N9O12. The first-order valence-corrected chi connectivity index (χ1v) is 18.8. The quantitative estimate of drug-likeness (QED) is 0.0466. The maximum absolute atomic E-state index is 14.0. The predicted molar refractivity (Wildman–Crippen MR) is 207 cm³/mol. The van der Waals surface area contributed by atoms with Crippen molar-refractivity contribution in [3.05, 3.63) is 36.0 Å². The molecule has 0 aliphatic carbocycles. The second-order valence-electron chi connectivity index (χ2n) is 14.2. The van der Waals surface area contributed by atoms with Crippen LogP contribution in [-0.2, 0) is 49.6 Å². The topological polar surface area (TPSA) is 354 Å². The summed E-state index contributed by atoms with van der Waals surface area (Å²) in [7, 11) is 0. The van der Waals surface area contributed by atoms with Gasteiger partial charge in [-0.15, -0.1) is 0 Å². The number of carboxylic acid groups (broad SMARTS) is 3. The normalized spacial score (nSPS) is 14.2. The Labute approximate surface area is 334 Å². The van der Waals surface area contributed by atoms with Crippen LogP contribution in [0.15, 0.2) is 30.5 Å². The summed E-state index contributed by atoms with van der Waals surface area (Å²) < 4.78 is 0. The van der Waals surface area contributed by atoms with Crippen molar-refractivity contribution in [1.29, 1.82) is 0 Å². The van der Waals surface area contributed by atoms with Crippen LogP contribution >= 0.6 is 0 Å². The van der Waals surface area contributed by atoms with Crippen LogP contribution in [0, 0.1) is 5.92 Å². The fraction of sp³-hybridized carbons (Fsp3) is 0.541. The third kappa shape index (κ3) is 16.6. The van der Waals surface area contributed by atoms with Gasteiger partial charge in [0.05, 0.1) is 12.5 Å². The lowest BCUT2D eigenvalue weighted by Crippen LogP contribution is -2.60. The molecule has 21 heteroatoms. The van der Waals surface area contributed by atoms with Crippen molar-refractivity contribution in [2.75, 3.05) is 13.1 Å². The number of fused-ring (bicyclic) bond motifs is 1. The molecule has 0 aliphatic heterocycles. The Morgan fingerprint density at radius 1 is 0.672 bits per heavy atom. The van der Waals surface area contributed by atoms with Crippen molar-refractivity contribution in [3.63, 3.8) is 0 Å². The van der Waals surface area contributed by atoms with E-state index in [0.717, 1.165) is 10.9 Å². The van der Waals surface area contributed by atoms with Gasteiger partial charge in [-0.25, -0.2) is 0 Å². The molecule has 1 aromatic heterocycles. The smallest absolute Gasteiger partial charge is 0.322 e. The molecule has 1 heterocycles. The number of aromatic amines is 1.